The van der Waals surface area contributed by atoms with E-state index in [1.165, 1.54) is 0 Å². The van der Waals surface area contributed by atoms with Gasteiger partial charge in [0.2, 0.25) is 5.91 Å². The molecule has 0 fully saturated rings. The molecule has 0 saturated carbocycles. The Balaban J connectivity index is 0. The quantitative estimate of drug-likeness (QED) is 0.336. The molecule has 0 unspecified atom stereocenters. The monoisotopic (exact) mass is 267 g/mol. The average Bonchev–Trinajstić information content (AvgIpc) is 2.23. The van der Waals surface area contributed by atoms with Crippen LogP contribution in [-0.2, 0) is 14.4 Å². The van der Waals surface area contributed by atoms with Crippen LogP contribution in [0.3, 0.4) is 0 Å². The third-order valence-corrected chi connectivity index (χ3v) is 2.28. The van der Waals surface area contributed by atoms with E-state index < -0.39 is 18.0 Å². The first-order chi connectivity index (χ1) is 7.97. The third kappa shape index (κ3) is 10.6. The zero-order valence-electron chi connectivity index (χ0n) is 10.9. The van der Waals surface area contributed by atoms with E-state index in [0.717, 1.165) is 12.8 Å². The van der Waals surface area contributed by atoms with Crippen LogP contribution < -0.4 is 40.0 Å². The second-order valence-electron chi connectivity index (χ2n) is 3.83. The van der Waals surface area contributed by atoms with Crippen molar-refractivity contribution in [2.75, 3.05) is 0 Å². The first kappa shape index (κ1) is 19.7. The van der Waals surface area contributed by atoms with Gasteiger partial charge in [-0.3, -0.25) is 4.79 Å². The number of unbranched alkanes of at least 4 members (excludes halogenated alkanes) is 2. The zero-order valence-corrected chi connectivity index (χ0v) is 12.9. The fourth-order valence-electron chi connectivity index (χ4n) is 1.32. The van der Waals surface area contributed by atoms with Crippen LogP contribution in [-0.4, -0.2) is 29.0 Å². The number of carboxylic acid groups (broad SMARTS) is 2. The Bertz CT molecular complexity index is 283. The van der Waals surface area contributed by atoms with E-state index in [1.807, 2.05) is 6.92 Å². The van der Waals surface area contributed by atoms with E-state index in [0.29, 0.717) is 6.42 Å². The summed E-state index contributed by atoms with van der Waals surface area (Å²) in [4.78, 5) is 32.3. The molecule has 0 radical (unpaired) electrons. The average molecular weight is 267 g/mol. The molecule has 18 heavy (non-hydrogen) atoms. The first-order valence-electron chi connectivity index (χ1n) is 5.69. The van der Waals surface area contributed by atoms with Gasteiger partial charge in [-0.2, -0.15) is 0 Å². The van der Waals surface area contributed by atoms with Crippen molar-refractivity contribution in [2.24, 2.45) is 0 Å². The molecule has 0 saturated heterocycles. The molecule has 0 spiro atoms. The Morgan fingerprint density at radius 3 is 2.28 bits per heavy atom. The van der Waals surface area contributed by atoms with Crippen molar-refractivity contribution in [1.29, 1.82) is 0 Å². The van der Waals surface area contributed by atoms with Gasteiger partial charge in [0.1, 0.15) is 6.04 Å². The van der Waals surface area contributed by atoms with E-state index >= 15 is 0 Å². The Kier molecular flexibility index (Phi) is 12.6. The van der Waals surface area contributed by atoms with Gasteiger partial charge >= 0.3 is 35.5 Å². The molecule has 7 heteroatoms. The molecule has 0 bridgehead atoms. The van der Waals surface area contributed by atoms with Gasteiger partial charge in [-0.25, -0.2) is 4.79 Å². The van der Waals surface area contributed by atoms with Gasteiger partial charge in [-0.05, 0) is 19.3 Å². The Morgan fingerprint density at radius 2 is 1.83 bits per heavy atom. The summed E-state index contributed by atoms with van der Waals surface area (Å²) in [5.74, 6) is -2.91. The van der Waals surface area contributed by atoms with Crippen molar-refractivity contribution in [2.45, 2.75) is 51.5 Å². The fraction of sp³-hybridized carbons (Fsp3) is 0.727. The summed E-state index contributed by atoms with van der Waals surface area (Å²) in [6.45, 7) is 2.00. The van der Waals surface area contributed by atoms with E-state index in [9.17, 15) is 19.5 Å². The smallest absolute Gasteiger partial charge is 0.550 e. The molecule has 2 N–H and O–H groups in total. The molecule has 0 aromatic rings. The van der Waals surface area contributed by atoms with Crippen molar-refractivity contribution >= 4 is 17.8 Å². The molecule has 0 aromatic heterocycles. The molecule has 98 valence electrons. The molecule has 0 aliphatic rings. The Labute approximate surface area is 128 Å². The number of amides is 1. The van der Waals surface area contributed by atoms with Crippen LogP contribution in [0.2, 0.25) is 0 Å². The molecule has 0 heterocycles. The predicted molar refractivity (Wildman–Crippen MR) is 57.9 cm³/mol. The number of nitrogens with one attached hydrogen (secondary N) is 1. The number of hydrogen-bond donors (Lipinski definition) is 2. The molecular weight excluding hydrogens is 249 g/mol. The van der Waals surface area contributed by atoms with E-state index in [1.54, 1.807) is 0 Å². The van der Waals surface area contributed by atoms with Gasteiger partial charge in [0.15, 0.2) is 0 Å². The van der Waals surface area contributed by atoms with Gasteiger partial charge in [0.05, 0.1) is 0 Å². The van der Waals surface area contributed by atoms with Gasteiger partial charge in [0, 0.05) is 12.4 Å². The Morgan fingerprint density at radius 1 is 1.22 bits per heavy atom. The van der Waals surface area contributed by atoms with Crippen LogP contribution in [0.1, 0.15) is 45.4 Å². The van der Waals surface area contributed by atoms with Crippen LogP contribution in [0, 0.1) is 0 Å². The summed E-state index contributed by atoms with van der Waals surface area (Å²) in [6.07, 6.45) is 2.31. The molecule has 0 aromatic carbocycles. The molecule has 0 aliphatic heterocycles. The summed E-state index contributed by atoms with van der Waals surface area (Å²) in [7, 11) is 0. The van der Waals surface area contributed by atoms with Crippen molar-refractivity contribution in [3.63, 3.8) is 0 Å². The summed E-state index contributed by atoms with van der Waals surface area (Å²) in [5, 5.41) is 21.3. The van der Waals surface area contributed by atoms with Crippen molar-refractivity contribution < 1.29 is 54.2 Å². The Hall–Kier alpha value is -0.590. The number of aliphatic carboxylic acids is 2. The van der Waals surface area contributed by atoms with Gasteiger partial charge < -0.3 is 20.3 Å². The fourth-order valence-corrected chi connectivity index (χ4v) is 1.32. The molecule has 6 nitrogen and oxygen atoms in total. The van der Waals surface area contributed by atoms with Crippen LogP contribution in [0.5, 0.6) is 0 Å². The summed E-state index contributed by atoms with van der Waals surface area (Å²) < 4.78 is 0. The number of rotatable bonds is 9. The largest absolute Gasteiger partial charge is 1.00 e. The minimum atomic E-state index is -1.32. The second kappa shape index (κ2) is 11.5. The van der Waals surface area contributed by atoms with Crippen LogP contribution in [0.25, 0.3) is 0 Å². The van der Waals surface area contributed by atoms with Crippen molar-refractivity contribution in [3.05, 3.63) is 0 Å². The standard InChI is InChI=1S/C11H19NO5.Na/c1-2-3-4-5-9(13)12-8(11(16)17)6-7-10(14)15;/h8H,2-7H2,1H3,(H,12,13)(H,14,15)(H,16,17);/q;+1/p-1/t8-;/m0./s1. The van der Waals surface area contributed by atoms with Crippen LogP contribution in [0.4, 0.5) is 0 Å². The number of carbonyl (C=O) groups is 3. The third-order valence-electron chi connectivity index (χ3n) is 2.28. The van der Waals surface area contributed by atoms with E-state index in [4.69, 9.17) is 5.11 Å². The topological polar surface area (TPSA) is 107 Å². The number of hydrogen-bond acceptors (Lipinski definition) is 4. The molecule has 0 rings (SSSR count). The predicted octanol–water partition coefficient (Wildman–Crippen LogP) is -3.33. The summed E-state index contributed by atoms with van der Waals surface area (Å²) in [5.41, 5.74) is 0. The van der Waals surface area contributed by atoms with Gasteiger partial charge in [-0.1, -0.05) is 19.8 Å². The van der Waals surface area contributed by atoms with Crippen LogP contribution >= 0.6 is 0 Å². The summed E-state index contributed by atoms with van der Waals surface area (Å²) >= 11 is 0. The maximum atomic E-state index is 11.3. The maximum Gasteiger partial charge on any atom is 1.00 e. The van der Waals surface area contributed by atoms with E-state index in [-0.39, 0.29) is 54.7 Å². The van der Waals surface area contributed by atoms with E-state index in [2.05, 4.69) is 5.32 Å². The van der Waals surface area contributed by atoms with Crippen molar-refractivity contribution in [3.8, 4) is 0 Å². The number of carboxylic acids is 2. The zero-order chi connectivity index (χ0) is 13.3. The van der Waals surface area contributed by atoms with Crippen molar-refractivity contribution in [1.82, 2.24) is 5.32 Å². The van der Waals surface area contributed by atoms with Gasteiger partial charge in [-0.15, -0.1) is 0 Å². The minimum Gasteiger partial charge on any atom is -0.550 e. The van der Waals surface area contributed by atoms with Crippen LogP contribution in [0.15, 0.2) is 0 Å². The molecular formula is C11H18NNaO5. The normalized spacial score (nSPS) is 11.2. The number of carbonyl (C=O) groups excluding carboxylic acids is 2. The molecule has 1 amide bonds. The van der Waals surface area contributed by atoms with Gasteiger partial charge in [0.25, 0.3) is 0 Å². The summed E-state index contributed by atoms with van der Waals surface area (Å²) in [6, 6.07) is -1.15. The second-order valence-corrected chi connectivity index (χ2v) is 3.83. The minimum absolute atomic E-state index is 0. The molecule has 1 atom stereocenters. The first-order valence-corrected chi connectivity index (χ1v) is 5.69. The molecule has 0 aliphatic carbocycles. The maximum absolute atomic E-state index is 11.3. The SMILES string of the molecule is CCCCCC(=O)N[C@@H](CCC(=O)[O-])C(=O)O.[Na+].